The van der Waals surface area contributed by atoms with Gasteiger partial charge in [0.05, 0.1) is 6.04 Å². The molecule has 1 atom stereocenters. The van der Waals surface area contributed by atoms with Crippen molar-refractivity contribution in [2.45, 2.75) is 39.2 Å². The van der Waals surface area contributed by atoms with E-state index in [1.165, 1.54) is 21.8 Å². The third-order valence-corrected chi connectivity index (χ3v) is 5.82. The fraction of sp³-hybridized carbons (Fsp3) is 0.500. The Morgan fingerprint density at radius 3 is 3.00 bits per heavy atom. The Labute approximate surface area is 132 Å². The Morgan fingerprint density at radius 2 is 2.29 bits per heavy atom. The van der Waals surface area contributed by atoms with Crippen molar-refractivity contribution in [1.82, 2.24) is 15.1 Å². The lowest BCUT2D eigenvalue weighted by Gasteiger charge is -2.33. The molecule has 0 aromatic carbocycles. The number of nitrogens with zero attached hydrogens (tertiary/aromatic N) is 3. The molecule has 3 rings (SSSR count). The van der Waals surface area contributed by atoms with E-state index in [-0.39, 0.29) is 12.1 Å². The van der Waals surface area contributed by atoms with Crippen molar-refractivity contribution in [3.05, 3.63) is 26.9 Å². The van der Waals surface area contributed by atoms with Crippen LogP contribution < -0.4 is 5.32 Å². The Kier molecular flexibility index (Phi) is 3.95. The molecule has 0 bridgehead atoms. The van der Waals surface area contributed by atoms with Crippen molar-refractivity contribution in [1.29, 1.82) is 0 Å². The van der Waals surface area contributed by atoms with Crippen molar-refractivity contribution < 1.29 is 4.79 Å². The van der Waals surface area contributed by atoms with E-state index in [4.69, 9.17) is 0 Å². The molecule has 7 heteroatoms. The number of thiophene rings is 1. The van der Waals surface area contributed by atoms with Crippen LogP contribution in [-0.2, 0) is 6.42 Å². The molecule has 5 nitrogen and oxygen atoms in total. The number of aromatic nitrogens is 2. The first-order valence-corrected chi connectivity index (χ1v) is 8.73. The molecular formula is C14H18N4OS2. The second-order valence-corrected chi connectivity index (χ2v) is 7.46. The van der Waals surface area contributed by atoms with Crippen molar-refractivity contribution >= 4 is 33.8 Å². The van der Waals surface area contributed by atoms with Gasteiger partial charge in [0, 0.05) is 17.3 Å². The summed E-state index contributed by atoms with van der Waals surface area (Å²) in [6.07, 6.45) is 0.929. The third kappa shape index (κ3) is 2.80. The molecule has 3 heterocycles. The van der Waals surface area contributed by atoms with E-state index < -0.39 is 0 Å². The molecule has 0 unspecified atom stereocenters. The summed E-state index contributed by atoms with van der Waals surface area (Å²) in [5.74, 6) is 0.329. The van der Waals surface area contributed by atoms with Crippen molar-refractivity contribution in [3.63, 3.8) is 0 Å². The molecule has 2 amide bonds. The summed E-state index contributed by atoms with van der Waals surface area (Å²) in [5.41, 5.74) is 1.27. The first-order valence-electron chi connectivity index (χ1n) is 7.03. The standard InChI is InChI=1S/C14H18N4OS2/c1-8(2)12-16-17-13(21-12)15-14(19)18-6-4-11-10(9(18)3)5-7-20-11/h5,7-9H,4,6H2,1-3H3,(H,15,17,19)/t9-/m1/s1. The summed E-state index contributed by atoms with van der Waals surface area (Å²) < 4.78 is 0. The van der Waals surface area contributed by atoms with E-state index in [1.54, 1.807) is 11.3 Å². The van der Waals surface area contributed by atoms with Crippen LogP contribution in [0.3, 0.4) is 0 Å². The molecule has 0 fully saturated rings. The number of urea groups is 1. The number of nitrogens with one attached hydrogen (secondary N) is 1. The van der Waals surface area contributed by atoms with Gasteiger partial charge in [0.15, 0.2) is 0 Å². The molecular weight excluding hydrogens is 304 g/mol. The van der Waals surface area contributed by atoms with Gasteiger partial charge in [-0.1, -0.05) is 25.2 Å². The highest BCUT2D eigenvalue weighted by Gasteiger charge is 2.28. The fourth-order valence-corrected chi connectivity index (χ4v) is 4.17. The van der Waals surface area contributed by atoms with Crippen molar-refractivity contribution in [2.24, 2.45) is 0 Å². The lowest BCUT2D eigenvalue weighted by Crippen LogP contribution is -2.40. The first kappa shape index (κ1) is 14.5. The molecule has 0 saturated carbocycles. The average Bonchev–Trinajstić information content (AvgIpc) is 3.07. The Balaban J connectivity index is 1.71. The van der Waals surface area contributed by atoms with Crippen LogP contribution in [0.5, 0.6) is 0 Å². The number of anilines is 1. The monoisotopic (exact) mass is 322 g/mol. The maximum Gasteiger partial charge on any atom is 0.324 e. The van der Waals surface area contributed by atoms with E-state index in [1.807, 2.05) is 4.90 Å². The van der Waals surface area contributed by atoms with E-state index in [9.17, 15) is 4.79 Å². The number of carbonyl (C=O) groups is 1. The maximum atomic E-state index is 12.4. The predicted molar refractivity (Wildman–Crippen MR) is 86.2 cm³/mol. The largest absolute Gasteiger partial charge is 0.324 e. The van der Waals surface area contributed by atoms with E-state index in [2.05, 4.69) is 47.7 Å². The van der Waals surface area contributed by atoms with Gasteiger partial charge in [-0.3, -0.25) is 5.32 Å². The zero-order valence-electron chi connectivity index (χ0n) is 12.3. The fourth-order valence-electron chi connectivity index (χ4n) is 2.47. The molecule has 0 radical (unpaired) electrons. The van der Waals surface area contributed by atoms with Gasteiger partial charge in [0.1, 0.15) is 5.01 Å². The maximum absolute atomic E-state index is 12.4. The highest BCUT2D eigenvalue weighted by molar-refractivity contribution is 7.15. The Bertz CT molecular complexity index is 649. The second-order valence-electron chi connectivity index (χ2n) is 5.45. The summed E-state index contributed by atoms with van der Waals surface area (Å²) in [4.78, 5) is 15.7. The molecule has 21 heavy (non-hydrogen) atoms. The molecule has 2 aromatic rings. The molecule has 1 N–H and O–H groups in total. The van der Waals surface area contributed by atoms with Gasteiger partial charge in [-0.2, -0.15) is 0 Å². The number of hydrogen-bond acceptors (Lipinski definition) is 5. The number of hydrogen-bond donors (Lipinski definition) is 1. The van der Waals surface area contributed by atoms with Gasteiger partial charge in [-0.15, -0.1) is 21.5 Å². The highest BCUT2D eigenvalue weighted by atomic mass is 32.1. The minimum atomic E-state index is -0.0918. The van der Waals surface area contributed by atoms with Gasteiger partial charge in [-0.05, 0) is 30.4 Å². The van der Waals surface area contributed by atoms with Crippen LogP contribution in [0.1, 0.15) is 48.2 Å². The summed E-state index contributed by atoms with van der Waals surface area (Å²) >= 11 is 3.22. The normalized spacial score (nSPS) is 17.9. The summed E-state index contributed by atoms with van der Waals surface area (Å²) in [6.45, 7) is 6.95. The van der Waals surface area contributed by atoms with E-state index in [0.717, 1.165) is 18.0 Å². The first-order chi connectivity index (χ1) is 10.1. The number of rotatable bonds is 2. The Hall–Kier alpha value is -1.47. The zero-order chi connectivity index (χ0) is 15.0. The molecule has 2 aromatic heterocycles. The summed E-state index contributed by atoms with van der Waals surface area (Å²) in [5, 5.41) is 14.6. The summed E-state index contributed by atoms with van der Waals surface area (Å²) in [7, 11) is 0. The minimum absolute atomic E-state index is 0.0918. The van der Waals surface area contributed by atoms with Gasteiger partial charge in [0.2, 0.25) is 5.13 Å². The topological polar surface area (TPSA) is 58.1 Å². The quantitative estimate of drug-likeness (QED) is 0.913. The highest BCUT2D eigenvalue weighted by Crippen LogP contribution is 2.33. The molecule has 112 valence electrons. The minimum Gasteiger partial charge on any atom is -0.317 e. The van der Waals surface area contributed by atoms with Gasteiger partial charge >= 0.3 is 6.03 Å². The molecule has 0 aliphatic carbocycles. The van der Waals surface area contributed by atoms with Crippen molar-refractivity contribution in [2.75, 3.05) is 11.9 Å². The molecule has 1 aliphatic rings. The van der Waals surface area contributed by atoms with Gasteiger partial charge < -0.3 is 4.90 Å². The average molecular weight is 322 g/mol. The van der Waals surface area contributed by atoms with Crippen LogP contribution in [0.15, 0.2) is 11.4 Å². The lowest BCUT2D eigenvalue weighted by molar-refractivity contribution is 0.189. The van der Waals surface area contributed by atoms with Crippen LogP contribution in [0.4, 0.5) is 9.93 Å². The molecule has 1 aliphatic heterocycles. The van der Waals surface area contributed by atoms with Crippen LogP contribution in [0.25, 0.3) is 0 Å². The van der Waals surface area contributed by atoms with Crippen LogP contribution in [0, 0.1) is 0 Å². The van der Waals surface area contributed by atoms with Crippen LogP contribution in [-0.4, -0.2) is 27.7 Å². The predicted octanol–water partition coefficient (Wildman–Crippen LogP) is 3.87. The second kappa shape index (κ2) is 5.73. The number of fused-ring (bicyclic) bond motifs is 1. The molecule has 0 spiro atoms. The van der Waals surface area contributed by atoms with E-state index >= 15 is 0 Å². The van der Waals surface area contributed by atoms with Gasteiger partial charge in [0.25, 0.3) is 0 Å². The lowest BCUT2D eigenvalue weighted by atomic mass is 10.0. The van der Waals surface area contributed by atoms with Gasteiger partial charge in [-0.25, -0.2) is 4.79 Å². The SMILES string of the molecule is CC(C)c1nnc(NC(=O)N2CCc3sccc3[C@H]2C)s1. The molecule has 0 saturated heterocycles. The smallest absolute Gasteiger partial charge is 0.317 e. The third-order valence-electron chi connectivity index (χ3n) is 3.69. The van der Waals surface area contributed by atoms with Crippen LogP contribution >= 0.6 is 22.7 Å². The Morgan fingerprint density at radius 1 is 1.48 bits per heavy atom. The van der Waals surface area contributed by atoms with Crippen LogP contribution in [0.2, 0.25) is 0 Å². The zero-order valence-corrected chi connectivity index (χ0v) is 13.9. The summed E-state index contributed by atoms with van der Waals surface area (Å²) in [6, 6.07) is 2.13. The van der Waals surface area contributed by atoms with Crippen molar-refractivity contribution in [3.8, 4) is 0 Å². The van der Waals surface area contributed by atoms with E-state index in [0.29, 0.717) is 11.0 Å². The number of amides is 2. The number of carbonyl (C=O) groups excluding carboxylic acids is 1.